The zero-order valence-corrected chi connectivity index (χ0v) is 20.8. The number of rotatable bonds is 7. The van der Waals surface area contributed by atoms with Gasteiger partial charge in [-0.25, -0.2) is 13.2 Å². The Morgan fingerprint density at radius 2 is 1.70 bits per heavy atom. The third kappa shape index (κ3) is 4.77. The monoisotopic (exact) mass is 509 g/mol. The van der Waals surface area contributed by atoms with E-state index in [4.69, 9.17) is 4.74 Å². The van der Waals surface area contributed by atoms with Crippen LogP contribution in [0.2, 0.25) is 0 Å². The minimum Gasteiger partial charge on any atom is -0.461 e. The van der Waals surface area contributed by atoms with Crippen LogP contribution in [0.15, 0.2) is 95.9 Å². The molecule has 0 aliphatic heterocycles. The lowest BCUT2D eigenvalue weighted by Crippen LogP contribution is -2.14. The SMILES string of the molecule is CCOC(=O)c1cc2ccc(C#N)cc2n1Cc1cc(NS(=O)(=O)c2ccccc2)cc2ccccc12. The van der Waals surface area contributed by atoms with Gasteiger partial charge in [0.25, 0.3) is 10.0 Å². The molecule has 0 unspecified atom stereocenters. The van der Waals surface area contributed by atoms with Crippen molar-refractivity contribution in [1.82, 2.24) is 4.57 Å². The predicted molar refractivity (Wildman–Crippen MR) is 143 cm³/mol. The summed E-state index contributed by atoms with van der Waals surface area (Å²) in [5.41, 5.74) is 2.74. The molecule has 0 atom stereocenters. The van der Waals surface area contributed by atoms with E-state index in [1.54, 1.807) is 61.5 Å². The van der Waals surface area contributed by atoms with Crippen LogP contribution in [0.5, 0.6) is 0 Å². The van der Waals surface area contributed by atoms with Crippen molar-refractivity contribution in [1.29, 1.82) is 5.26 Å². The van der Waals surface area contributed by atoms with Crippen LogP contribution in [0, 0.1) is 11.3 Å². The van der Waals surface area contributed by atoms with Gasteiger partial charge < -0.3 is 9.30 Å². The lowest BCUT2D eigenvalue weighted by molar-refractivity contribution is 0.0515. The molecule has 0 aliphatic carbocycles. The molecule has 0 spiro atoms. The first kappa shape index (κ1) is 24.1. The topological polar surface area (TPSA) is 101 Å². The third-order valence-electron chi connectivity index (χ3n) is 6.10. The Kier molecular flexibility index (Phi) is 6.38. The first-order valence-corrected chi connectivity index (χ1v) is 13.2. The van der Waals surface area contributed by atoms with Gasteiger partial charge in [-0.05, 0) is 65.7 Å². The molecule has 37 heavy (non-hydrogen) atoms. The molecule has 0 bridgehead atoms. The standard InChI is InChI=1S/C29H23N3O4S/c1-2-36-29(33)28-17-22-13-12-20(18-30)14-27(22)32(28)19-23-16-24(15-21-8-6-7-11-26(21)23)31-37(34,35)25-9-4-3-5-10-25/h3-17,31H,2,19H2,1H3. The van der Waals surface area contributed by atoms with Crippen molar-refractivity contribution in [2.24, 2.45) is 0 Å². The zero-order chi connectivity index (χ0) is 26.0. The van der Waals surface area contributed by atoms with Gasteiger partial charge in [-0.3, -0.25) is 4.72 Å². The maximum Gasteiger partial charge on any atom is 0.354 e. The Morgan fingerprint density at radius 1 is 0.946 bits per heavy atom. The number of carbonyl (C=O) groups is 1. The molecule has 184 valence electrons. The Bertz CT molecular complexity index is 1790. The molecule has 1 N–H and O–H groups in total. The minimum atomic E-state index is -3.80. The van der Waals surface area contributed by atoms with Crippen LogP contribution in [0.3, 0.4) is 0 Å². The number of hydrogen-bond acceptors (Lipinski definition) is 5. The Labute approximate surface area is 214 Å². The molecule has 5 rings (SSSR count). The van der Waals surface area contributed by atoms with Gasteiger partial charge in [0.2, 0.25) is 0 Å². The average Bonchev–Trinajstić information content (AvgIpc) is 3.26. The Hall–Kier alpha value is -4.61. The van der Waals surface area contributed by atoms with Gasteiger partial charge in [-0.2, -0.15) is 5.26 Å². The van der Waals surface area contributed by atoms with Gasteiger partial charge in [-0.1, -0.05) is 48.5 Å². The van der Waals surface area contributed by atoms with Gasteiger partial charge in [0, 0.05) is 17.6 Å². The molecule has 4 aromatic carbocycles. The van der Waals surface area contributed by atoms with Gasteiger partial charge in [-0.15, -0.1) is 0 Å². The highest BCUT2D eigenvalue weighted by molar-refractivity contribution is 7.92. The molecule has 0 fully saturated rings. The summed E-state index contributed by atoms with van der Waals surface area (Å²) in [4.78, 5) is 13.0. The molecule has 0 amide bonds. The summed E-state index contributed by atoms with van der Waals surface area (Å²) >= 11 is 0. The van der Waals surface area contributed by atoms with E-state index in [0.717, 1.165) is 21.7 Å². The van der Waals surface area contributed by atoms with Crippen molar-refractivity contribution in [2.45, 2.75) is 18.4 Å². The molecule has 7 nitrogen and oxygen atoms in total. The number of aromatic nitrogens is 1. The van der Waals surface area contributed by atoms with Crippen molar-refractivity contribution in [3.8, 4) is 6.07 Å². The fourth-order valence-corrected chi connectivity index (χ4v) is 5.49. The zero-order valence-electron chi connectivity index (χ0n) is 20.0. The Morgan fingerprint density at radius 3 is 2.46 bits per heavy atom. The Balaban J connectivity index is 1.65. The number of ether oxygens (including phenoxy) is 1. The number of esters is 1. The highest BCUT2D eigenvalue weighted by atomic mass is 32.2. The van der Waals surface area contributed by atoms with Crippen LogP contribution >= 0.6 is 0 Å². The lowest BCUT2D eigenvalue weighted by atomic mass is 10.0. The molecule has 0 radical (unpaired) electrons. The van der Waals surface area contributed by atoms with Crippen LogP contribution < -0.4 is 4.72 Å². The summed E-state index contributed by atoms with van der Waals surface area (Å²) in [6, 6.07) is 28.5. The molecule has 5 aromatic rings. The molecule has 0 aliphatic rings. The van der Waals surface area contributed by atoms with Crippen molar-refractivity contribution >= 4 is 43.4 Å². The van der Waals surface area contributed by atoms with Crippen LogP contribution in [0.4, 0.5) is 5.69 Å². The first-order chi connectivity index (χ1) is 17.9. The van der Waals surface area contributed by atoms with Crippen molar-refractivity contribution in [2.75, 3.05) is 11.3 Å². The number of carbonyl (C=O) groups excluding carboxylic acids is 1. The highest BCUT2D eigenvalue weighted by Gasteiger charge is 2.20. The number of nitrogens with one attached hydrogen (secondary N) is 1. The molecule has 1 heterocycles. The summed E-state index contributed by atoms with van der Waals surface area (Å²) < 4.78 is 35.8. The number of sulfonamides is 1. The normalized spacial score (nSPS) is 11.4. The summed E-state index contributed by atoms with van der Waals surface area (Å²) in [6.45, 7) is 2.23. The quantitative estimate of drug-likeness (QED) is 0.284. The van der Waals surface area contributed by atoms with Crippen LogP contribution in [-0.2, 0) is 21.3 Å². The van der Waals surface area contributed by atoms with E-state index >= 15 is 0 Å². The van der Waals surface area contributed by atoms with E-state index in [9.17, 15) is 18.5 Å². The number of nitrogens with zero attached hydrogens (tertiary/aromatic N) is 2. The summed E-state index contributed by atoms with van der Waals surface area (Å²) in [6.07, 6.45) is 0. The van der Waals surface area contributed by atoms with Gasteiger partial charge in [0.05, 0.1) is 28.7 Å². The summed E-state index contributed by atoms with van der Waals surface area (Å²) in [7, 11) is -3.80. The molecule has 1 aromatic heterocycles. The number of nitriles is 1. The van der Waals surface area contributed by atoms with Crippen molar-refractivity contribution in [3.63, 3.8) is 0 Å². The first-order valence-electron chi connectivity index (χ1n) is 11.7. The molecular formula is C29H23N3O4S. The largest absolute Gasteiger partial charge is 0.461 e. The summed E-state index contributed by atoms with van der Waals surface area (Å²) in [5.74, 6) is -0.470. The fraction of sp³-hybridized carbons (Fsp3) is 0.103. The smallest absolute Gasteiger partial charge is 0.354 e. The third-order valence-corrected chi connectivity index (χ3v) is 7.50. The molecule has 8 heteroatoms. The lowest BCUT2D eigenvalue weighted by Gasteiger charge is -2.15. The number of fused-ring (bicyclic) bond motifs is 2. The summed E-state index contributed by atoms with van der Waals surface area (Å²) in [5, 5.41) is 12.0. The van der Waals surface area contributed by atoms with E-state index < -0.39 is 16.0 Å². The van der Waals surface area contributed by atoms with Gasteiger partial charge in [0.1, 0.15) is 5.69 Å². The van der Waals surface area contributed by atoms with E-state index in [1.165, 1.54) is 12.1 Å². The van der Waals surface area contributed by atoms with Crippen LogP contribution in [0.25, 0.3) is 21.7 Å². The van der Waals surface area contributed by atoms with Crippen LogP contribution in [0.1, 0.15) is 28.5 Å². The van der Waals surface area contributed by atoms with E-state index in [1.807, 2.05) is 28.8 Å². The van der Waals surface area contributed by atoms with Crippen LogP contribution in [-0.4, -0.2) is 25.6 Å². The second-order valence-corrected chi connectivity index (χ2v) is 10.2. The van der Waals surface area contributed by atoms with E-state index in [-0.39, 0.29) is 18.0 Å². The maximum atomic E-state index is 13.0. The molecule has 0 saturated carbocycles. The number of hydrogen-bond donors (Lipinski definition) is 1. The highest BCUT2D eigenvalue weighted by Crippen LogP contribution is 2.29. The predicted octanol–water partition coefficient (Wildman–Crippen LogP) is 5.69. The van der Waals surface area contributed by atoms with E-state index in [0.29, 0.717) is 22.5 Å². The van der Waals surface area contributed by atoms with Crippen molar-refractivity contribution in [3.05, 3.63) is 108 Å². The van der Waals surface area contributed by atoms with Crippen molar-refractivity contribution < 1.29 is 17.9 Å². The van der Waals surface area contributed by atoms with Gasteiger partial charge >= 0.3 is 5.97 Å². The minimum absolute atomic E-state index is 0.162. The molecular weight excluding hydrogens is 486 g/mol. The fourth-order valence-electron chi connectivity index (χ4n) is 4.43. The maximum absolute atomic E-state index is 13.0. The van der Waals surface area contributed by atoms with E-state index in [2.05, 4.69) is 10.8 Å². The second-order valence-electron chi connectivity index (χ2n) is 8.50. The number of anilines is 1. The van der Waals surface area contributed by atoms with Gasteiger partial charge in [0.15, 0.2) is 0 Å². The number of benzene rings is 4. The average molecular weight is 510 g/mol. The molecule has 0 saturated heterocycles. The second kappa shape index (κ2) is 9.80.